The Kier molecular flexibility index (Phi) is 2.82. The number of para-hydroxylation sites is 1. The monoisotopic (exact) mass is 278 g/mol. The van der Waals surface area contributed by atoms with Crippen LogP contribution in [0.1, 0.15) is 18.9 Å². The molecule has 0 N–H and O–H groups in total. The van der Waals surface area contributed by atoms with E-state index in [9.17, 15) is 0 Å². The molecule has 2 atom stereocenters. The second-order valence-electron chi connectivity index (χ2n) is 5.91. The number of epoxide rings is 1. The third-order valence-electron chi connectivity index (χ3n) is 4.34. The second-order valence-corrected chi connectivity index (χ2v) is 5.91. The van der Waals surface area contributed by atoms with Gasteiger partial charge in [0.05, 0.1) is 24.0 Å². The van der Waals surface area contributed by atoms with Crippen LogP contribution < -0.4 is 5.01 Å². The number of hydrogen-bond donors (Lipinski definition) is 0. The first-order chi connectivity index (χ1) is 10.3. The Morgan fingerprint density at radius 1 is 1.05 bits per heavy atom. The molecule has 0 amide bonds. The third kappa shape index (κ3) is 2.24. The summed E-state index contributed by atoms with van der Waals surface area (Å²) in [5, 5.41) is 7.02. The summed E-state index contributed by atoms with van der Waals surface area (Å²) in [5.74, 6) is 0. The molecule has 1 saturated heterocycles. The summed E-state index contributed by atoms with van der Waals surface area (Å²) in [6, 6.07) is 21.0. The Morgan fingerprint density at radius 3 is 2.29 bits per heavy atom. The van der Waals surface area contributed by atoms with Crippen molar-refractivity contribution in [3.63, 3.8) is 0 Å². The summed E-state index contributed by atoms with van der Waals surface area (Å²) in [4.78, 5) is 0. The Bertz CT molecular complexity index is 662. The minimum Gasteiger partial charge on any atom is -0.368 e. The number of ether oxygens (including phenoxy) is 1. The van der Waals surface area contributed by atoms with Gasteiger partial charge in [-0.3, -0.25) is 5.01 Å². The van der Waals surface area contributed by atoms with Crippen molar-refractivity contribution in [2.45, 2.75) is 25.0 Å². The van der Waals surface area contributed by atoms with Crippen LogP contribution in [0.5, 0.6) is 0 Å². The van der Waals surface area contributed by atoms with Gasteiger partial charge in [-0.05, 0) is 24.6 Å². The highest BCUT2D eigenvalue weighted by molar-refractivity contribution is 6.03. The largest absolute Gasteiger partial charge is 0.368 e. The van der Waals surface area contributed by atoms with Crippen molar-refractivity contribution in [2.75, 3.05) is 11.6 Å². The Hall–Kier alpha value is -2.13. The molecule has 0 aromatic heterocycles. The molecule has 106 valence electrons. The molecule has 2 aromatic carbocycles. The van der Waals surface area contributed by atoms with E-state index >= 15 is 0 Å². The number of nitrogens with zero attached hydrogens (tertiary/aromatic N) is 2. The van der Waals surface area contributed by atoms with Crippen LogP contribution in [-0.2, 0) is 4.74 Å². The normalized spacial score (nSPS) is 27.6. The molecule has 3 heteroatoms. The summed E-state index contributed by atoms with van der Waals surface area (Å²) >= 11 is 0. The van der Waals surface area contributed by atoms with E-state index in [2.05, 4.69) is 60.5 Å². The molecule has 0 aliphatic carbocycles. The maximum atomic E-state index is 5.70. The predicted molar refractivity (Wildman–Crippen MR) is 84.7 cm³/mol. The lowest BCUT2D eigenvalue weighted by molar-refractivity contribution is 0.282. The summed E-state index contributed by atoms with van der Waals surface area (Å²) < 4.78 is 5.70. The predicted octanol–water partition coefficient (Wildman–Crippen LogP) is 3.46. The highest BCUT2D eigenvalue weighted by Crippen LogP contribution is 2.40. The van der Waals surface area contributed by atoms with Gasteiger partial charge in [-0.2, -0.15) is 5.10 Å². The molecular formula is C18H18N2O. The van der Waals surface area contributed by atoms with Gasteiger partial charge in [-0.25, -0.2) is 0 Å². The van der Waals surface area contributed by atoms with E-state index in [1.807, 2.05) is 12.1 Å². The smallest absolute Gasteiger partial charge is 0.111 e. The van der Waals surface area contributed by atoms with Gasteiger partial charge in [-0.1, -0.05) is 48.5 Å². The number of benzene rings is 2. The first-order valence-corrected chi connectivity index (χ1v) is 7.37. The zero-order valence-electron chi connectivity index (χ0n) is 12.1. The molecule has 21 heavy (non-hydrogen) atoms. The molecule has 2 aromatic rings. The van der Waals surface area contributed by atoms with Gasteiger partial charge in [0.15, 0.2) is 0 Å². The van der Waals surface area contributed by atoms with Crippen molar-refractivity contribution in [3.8, 4) is 0 Å². The number of hydrazone groups is 1. The lowest BCUT2D eigenvalue weighted by Gasteiger charge is -2.26. The summed E-state index contributed by atoms with van der Waals surface area (Å²) in [6.07, 6.45) is 0.926. The van der Waals surface area contributed by atoms with Gasteiger partial charge in [-0.15, -0.1) is 0 Å². The number of rotatable bonds is 3. The zero-order chi connectivity index (χ0) is 14.3. The van der Waals surface area contributed by atoms with Crippen LogP contribution in [0.3, 0.4) is 0 Å². The molecule has 0 bridgehead atoms. The van der Waals surface area contributed by atoms with Gasteiger partial charge >= 0.3 is 0 Å². The number of hydrogen-bond acceptors (Lipinski definition) is 3. The molecule has 0 radical (unpaired) electrons. The van der Waals surface area contributed by atoms with Crippen LogP contribution in [0.15, 0.2) is 65.8 Å². The SMILES string of the molecule is C[C@]1([C@H]2CC(c3ccccc3)=NN2c2ccccc2)CO1. The summed E-state index contributed by atoms with van der Waals surface area (Å²) in [7, 11) is 0. The van der Waals surface area contributed by atoms with E-state index in [1.165, 1.54) is 5.56 Å². The molecule has 2 aliphatic heterocycles. The maximum Gasteiger partial charge on any atom is 0.111 e. The standard InChI is InChI=1S/C18H18N2O/c1-18(13-21-18)17-12-16(14-8-4-2-5-9-14)19-20(17)15-10-6-3-7-11-15/h2-11,17H,12-13H2,1H3/t17-,18-/m1/s1. The fourth-order valence-corrected chi connectivity index (χ4v) is 2.92. The van der Waals surface area contributed by atoms with Crippen molar-refractivity contribution in [3.05, 3.63) is 66.2 Å². The minimum absolute atomic E-state index is 0.0735. The van der Waals surface area contributed by atoms with Crippen molar-refractivity contribution in [1.82, 2.24) is 0 Å². The summed E-state index contributed by atoms with van der Waals surface area (Å²) in [6.45, 7) is 3.00. The molecular weight excluding hydrogens is 260 g/mol. The van der Waals surface area contributed by atoms with Crippen LogP contribution in [0.4, 0.5) is 5.69 Å². The molecule has 0 saturated carbocycles. The summed E-state index contributed by atoms with van der Waals surface area (Å²) in [5.41, 5.74) is 3.40. The van der Waals surface area contributed by atoms with Gasteiger partial charge in [0, 0.05) is 6.42 Å². The number of anilines is 1. The van der Waals surface area contributed by atoms with E-state index in [0.717, 1.165) is 24.4 Å². The quantitative estimate of drug-likeness (QED) is 0.804. The highest BCUT2D eigenvalue weighted by Gasteiger charge is 2.52. The van der Waals surface area contributed by atoms with Gasteiger partial charge in [0.25, 0.3) is 0 Å². The maximum absolute atomic E-state index is 5.70. The molecule has 1 fully saturated rings. The lowest BCUT2D eigenvalue weighted by Crippen LogP contribution is -2.38. The zero-order valence-corrected chi connectivity index (χ0v) is 12.1. The van der Waals surface area contributed by atoms with Crippen LogP contribution in [0.25, 0.3) is 0 Å². The lowest BCUT2D eigenvalue weighted by atomic mass is 9.95. The van der Waals surface area contributed by atoms with E-state index < -0.39 is 0 Å². The van der Waals surface area contributed by atoms with E-state index in [0.29, 0.717) is 0 Å². The fraction of sp³-hybridized carbons (Fsp3) is 0.278. The third-order valence-corrected chi connectivity index (χ3v) is 4.34. The van der Waals surface area contributed by atoms with Crippen molar-refractivity contribution < 1.29 is 4.74 Å². The van der Waals surface area contributed by atoms with E-state index in [1.54, 1.807) is 0 Å². The van der Waals surface area contributed by atoms with Crippen molar-refractivity contribution in [1.29, 1.82) is 0 Å². The second kappa shape index (κ2) is 4.71. The minimum atomic E-state index is -0.0735. The van der Waals surface area contributed by atoms with Crippen molar-refractivity contribution >= 4 is 11.4 Å². The fourth-order valence-electron chi connectivity index (χ4n) is 2.92. The Labute approximate surface area is 124 Å². The van der Waals surface area contributed by atoms with Crippen LogP contribution in [0, 0.1) is 0 Å². The van der Waals surface area contributed by atoms with Crippen LogP contribution in [-0.4, -0.2) is 24.0 Å². The van der Waals surface area contributed by atoms with Gasteiger partial charge in [0.2, 0.25) is 0 Å². The van der Waals surface area contributed by atoms with Gasteiger partial charge < -0.3 is 4.74 Å². The van der Waals surface area contributed by atoms with E-state index in [4.69, 9.17) is 9.84 Å². The first kappa shape index (κ1) is 12.6. The molecule has 0 unspecified atom stereocenters. The highest BCUT2D eigenvalue weighted by atomic mass is 16.6. The average molecular weight is 278 g/mol. The topological polar surface area (TPSA) is 28.1 Å². The Balaban J connectivity index is 1.72. The molecule has 4 rings (SSSR count). The molecule has 2 aliphatic rings. The molecule has 2 heterocycles. The van der Waals surface area contributed by atoms with Gasteiger partial charge in [0.1, 0.15) is 5.60 Å². The van der Waals surface area contributed by atoms with E-state index in [-0.39, 0.29) is 11.6 Å². The van der Waals surface area contributed by atoms with Crippen LogP contribution in [0.2, 0.25) is 0 Å². The first-order valence-electron chi connectivity index (χ1n) is 7.37. The van der Waals surface area contributed by atoms with Crippen LogP contribution >= 0.6 is 0 Å². The Morgan fingerprint density at radius 2 is 1.67 bits per heavy atom. The van der Waals surface area contributed by atoms with Crippen molar-refractivity contribution in [2.24, 2.45) is 5.10 Å². The average Bonchev–Trinajstić information content (AvgIpc) is 3.14. The molecule has 0 spiro atoms. The molecule has 3 nitrogen and oxygen atoms in total.